The van der Waals surface area contributed by atoms with Crippen LogP contribution in [-0.4, -0.2) is 32.7 Å². The highest BCUT2D eigenvalue weighted by Gasteiger charge is 2.19. The third-order valence-corrected chi connectivity index (χ3v) is 5.00. The average molecular weight is 423 g/mol. The van der Waals surface area contributed by atoms with E-state index in [1.165, 1.54) is 36.1 Å². The minimum atomic E-state index is -0.872. The van der Waals surface area contributed by atoms with Crippen LogP contribution in [0.15, 0.2) is 59.7 Å². The number of nitro groups is 1. The van der Waals surface area contributed by atoms with Crippen molar-refractivity contribution in [2.24, 2.45) is 0 Å². The Hall–Kier alpha value is -4.01. The van der Waals surface area contributed by atoms with E-state index in [-0.39, 0.29) is 29.2 Å². The molecule has 0 spiro atoms. The first-order chi connectivity index (χ1) is 14.8. The molecule has 9 nitrogen and oxygen atoms in total. The summed E-state index contributed by atoms with van der Waals surface area (Å²) in [5.41, 5.74) is 1.52. The van der Waals surface area contributed by atoms with Crippen LogP contribution in [0.4, 0.5) is 5.69 Å². The number of rotatable bonds is 8. The van der Waals surface area contributed by atoms with E-state index >= 15 is 0 Å². The number of carboxylic acids is 1. The van der Waals surface area contributed by atoms with Crippen molar-refractivity contribution in [3.05, 3.63) is 86.5 Å². The standard InChI is InChI=1S/C22H21N3O6/c1-3-17(22(27)28)15-6-4-14(5-7-15)13-24-11-10-23-20(21(24)26)16-8-9-18(25(29)30)19(12-16)31-2/h4-12,17H,3,13H2,1-2H3,(H,27,28). The Morgan fingerprint density at radius 1 is 1.26 bits per heavy atom. The summed E-state index contributed by atoms with van der Waals surface area (Å²) in [6, 6.07) is 11.2. The molecule has 0 aliphatic heterocycles. The van der Waals surface area contributed by atoms with Crippen molar-refractivity contribution in [2.45, 2.75) is 25.8 Å². The summed E-state index contributed by atoms with van der Waals surface area (Å²) >= 11 is 0. The van der Waals surface area contributed by atoms with Crippen LogP contribution in [0, 0.1) is 10.1 Å². The van der Waals surface area contributed by atoms with Gasteiger partial charge in [-0.15, -0.1) is 0 Å². The van der Waals surface area contributed by atoms with Gasteiger partial charge in [0.05, 0.1) is 24.5 Å². The lowest BCUT2D eigenvalue weighted by molar-refractivity contribution is -0.385. The first-order valence-electron chi connectivity index (χ1n) is 9.55. The summed E-state index contributed by atoms with van der Waals surface area (Å²) in [6.45, 7) is 2.08. The van der Waals surface area contributed by atoms with Crippen molar-refractivity contribution in [3.63, 3.8) is 0 Å². The number of aromatic nitrogens is 2. The van der Waals surface area contributed by atoms with Gasteiger partial charge in [-0.05, 0) is 29.7 Å². The van der Waals surface area contributed by atoms with Gasteiger partial charge in [-0.2, -0.15) is 0 Å². The smallest absolute Gasteiger partial charge is 0.310 e. The molecule has 0 saturated carbocycles. The van der Waals surface area contributed by atoms with Crippen LogP contribution in [0.3, 0.4) is 0 Å². The molecule has 160 valence electrons. The molecule has 31 heavy (non-hydrogen) atoms. The lowest BCUT2D eigenvalue weighted by Crippen LogP contribution is -2.22. The van der Waals surface area contributed by atoms with E-state index in [9.17, 15) is 24.8 Å². The SMILES string of the molecule is CCC(C(=O)O)c1ccc(Cn2ccnc(-c3ccc([N+](=O)[O-])c(OC)c3)c2=O)cc1. The Bertz CT molecular complexity index is 1170. The summed E-state index contributed by atoms with van der Waals surface area (Å²) in [5.74, 6) is -1.40. The van der Waals surface area contributed by atoms with Crippen LogP contribution >= 0.6 is 0 Å². The molecule has 0 fully saturated rings. The van der Waals surface area contributed by atoms with Crippen LogP contribution in [0.25, 0.3) is 11.3 Å². The van der Waals surface area contributed by atoms with Crippen molar-refractivity contribution in [2.75, 3.05) is 7.11 Å². The number of hydrogen-bond acceptors (Lipinski definition) is 6. The third-order valence-electron chi connectivity index (χ3n) is 5.00. The number of aliphatic carboxylic acids is 1. The summed E-state index contributed by atoms with van der Waals surface area (Å²) in [6.07, 6.45) is 3.52. The van der Waals surface area contributed by atoms with Crippen molar-refractivity contribution in [1.29, 1.82) is 0 Å². The Kier molecular flexibility index (Phi) is 6.44. The van der Waals surface area contributed by atoms with E-state index in [0.29, 0.717) is 17.5 Å². The zero-order valence-corrected chi connectivity index (χ0v) is 17.0. The molecule has 1 aromatic heterocycles. The predicted molar refractivity (Wildman–Crippen MR) is 113 cm³/mol. The molecule has 0 aliphatic rings. The van der Waals surface area contributed by atoms with E-state index < -0.39 is 16.8 Å². The maximum absolute atomic E-state index is 13.0. The van der Waals surface area contributed by atoms with E-state index in [2.05, 4.69) is 4.98 Å². The Balaban J connectivity index is 1.91. The fraction of sp³-hybridized carbons (Fsp3) is 0.227. The maximum Gasteiger partial charge on any atom is 0.310 e. The second kappa shape index (κ2) is 9.21. The third kappa shape index (κ3) is 4.61. The number of carboxylic acid groups (broad SMARTS) is 1. The zero-order chi connectivity index (χ0) is 22.5. The highest BCUT2D eigenvalue weighted by atomic mass is 16.6. The first kappa shape index (κ1) is 21.7. The minimum absolute atomic E-state index is 0.0404. The van der Waals surface area contributed by atoms with Gasteiger partial charge in [0, 0.05) is 24.0 Å². The van der Waals surface area contributed by atoms with Gasteiger partial charge in [0.15, 0.2) is 5.75 Å². The average Bonchev–Trinajstić information content (AvgIpc) is 2.76. The van der Waals surface area contributed by atoms with Crippen LogP contribution < -0.4 is 10.3 Å². The molecule has 2 aromatic carbocycles. The number of methoxy groups -OCH3 is 1. The normalized spacial score (nSPS) is 11.7. The van der Waals surface area contributed by atoms with Crippen LogP contribution in [-0.2, 0) is 11.3 Å². The monoisotopic (exact) mass is 423 g/mol. The van der Waals surface area contributed by atoms with Crippen molar-refractivity contribution in [1.82, 2.24) is 9.55 Å². The van der Waals surface area contributed by atoms with Gasteiger partial charge in [0.25, 0.3) is 5.56 Å². The van der Waals surface area contributed by atoms with Gasteiger partial charge < -0.3 is 14.4 Å². The summed E-state index contributed by atoms with van der Waals surface area (Å²) in [5, 5.41) is 20.4. The number of nitrogens with zero attached hydrogens (tertiary/aromatic N) is 3. The number of nitro benzene ring substituents is 1. The van der Waals surface area contributed by atoms with Gasteiger partial charge in [0.1, 0.15) is 5.69 Å². The van der Waals surface area contributed by atoms with Crippen LogP contribution in [0.2, 0.25) is 0 Å². The topological polar surface area (TPSA) is 125 Å². The molecule has 3 aromatic rings. The van der Waals surface area contributed by atoms with Crippen molar-refractivity contribution < 1.29 is 19.6 Å². The van der Waals surface area contributed by atoms with Gasteiger partial charge in [0.2, 0.25) is 0 Å². The van der Waals surface area contributed by atoms with Gasteiger partial charge in [-0.25, -0.2) is 4.98 Å². The Labute approximate surface area is 177 Å². The highest BCUT2D eigenvalue weighted by molar-refractivity contribution is 5.76. The molecule has 0 amide bonds. The molecule has 0 radical (unpaired) electrons. The molecular weight excluding hydrogens is 402 g/mol. The fourth-order valence-electron chi connectivity index (χ4n) is 3.35. The molecule has 0 aliphatic carbocycles. The number of hydrogen-bond donors (Lipinski definition) is 1. The van der Waals surface area contributed by atoms with E-state index in [4.69, 9.17) is 4.74 Å². The summed E-state index contributed by atoms with van der Waals surface area (Å²) < 4.78 is 6.54. The quantitative estimate of drug-likeness (QED) is 0.434. The van der Waals surface area contributed by atoms with Crippen LogP contribution in [0.1, 0.15) is 30.4 Å². The number of benzene rings is 2. The molecule has 0 bridgehead atoms. The lowest BCUT2D eigenvalue weighted by Gasteiger charge is -2.12. The highest BCUT2D eigenvalue weighted by Crippen LogP contribution is 2.30. The second-order valence-electron chi connectivity index (χ2n) is 6.89. The maximum atomic E-state index is 13.0. The first-order valence-corrected chi connectivity index (χ1v) is 9.55. The fourth-order valence-corrected chi connectivity index (χ4v) is 3.35. The Morgan fingerprint density at radius 2 is 1.97 bits per heavy atom. The molecule has 3 rings (SSSR count). The van der Waals surface area contributed by atoms with Crippen LogP contribution in [0.5, 0.6) is 5.75 Å². The second-order valence-corrected chi connectivity index (χ2v) is 6.89. The lowest BCUT2D eigenvalue weighted by atomic mass is 9.96. The predicted octanol–water partition coefficient (Wildman–Crippen LogP) is 3.45. The molecule has 9 heteroatoms. The minimum Gasteiger partial charge on any atom is -0.490 e. The largest absolute Gasteiger partial charge is 0.490 e. The Morgan fingerprint density at radius 3 is 2.55 bits per heavy atom. The zero-order valence-electron chi connectivity index (χ0n) is 17.0. The molecule has 0 saturated heterocycles. The molecule has 1 atom stereocenters. The number of ether oxygens (including phenoxy) is 1. The van der Waals surface area contributed by atoms with Crippen molar-refractivity contribution in [3.8, 4) is 17.0 Å². The molecule has 1 unspecified atom stereocenters. The number of carbonyl (C=O) groups is 1. The van der Waals surface area contributed by atoms with E-state index in [0.717, 1.165) is 5.56 Å². The molecule has 1 heterocycles. The summed E-state index contributed by atoms with van der Waals surface area (Å²) in [7, 11) is 1.32. The molecular formula is C22H21N3O6. The van der Waals surface area contributed by atoms with Gasteiger partial charge in [-0.1, -0.05) is 31.2 Å². The van der Waals surface area contributed by atoms with Crippen molar-refractivity contribution >= 4 is 11.7 Å². The van der Waals surface area contributed by atoms with Gasteiger partial charge >= 0.3 is 11.7 Å². The molecule has 1 N–H and O–H groups in total. The van der Waals surface area contributed by atoms with Gasteiger partial charge in [-0.3, -0.25) is 19.7 Å². The summed E-state index contributed by atoms with van der Waals surface area (Å²) in [4.78, 5) is 39.0. The van der Waals surface area contributed by atoms with E-state index in [1.54, 1.807) is 30.5 Å². The van der Waals surface area contributed by atoms with E-state index in [1.807, 2.05) is 6.92 Å².